The fourth-order valence-corrected chi connectivity index (χ4v) is 0.889. The van der Waals surface area contributed by atoms with Crippen molar-refractivity contribution < 1.29 is 23.8 Å². The summed E-state index contributed by atoms with van der Waals surface area (Å²) >= 11 is 0. The minimum Gasteiger partial charge on any atom is -0.459 e. The molecule has 0 saturated heterocycles. The van der Waals surface area contributed by atoms with Crippen molar-refractivity contribution in [1.29, 1.82) is 0 Å². The molecule has 6 heteroatoms. The van der Waals surface area contributed by atoms with Crippen molar-refractivity contribution in [3.63, 3.8) is 0 Å². The van der Waals surface area contributed by atoms with Gasteiger partial charge in [0.25, 0.3) is 0 Å². The molecule has 0 spiro atoms. The minimum atomic E-state index is -0.845. The van der Waals surface area contributed by atoms with E-state index in [0.717, 1.165) is 0 Å². The summed E-state index contributed by atoms with van der Waals surface area (Å²) in [6, 6.07) is 0. The Balaban J connectivity index is 3.31. The van der Waals surface area contributed by atoms with Crippen molar-refractivity contribution in [3.8, 4) is 0 Å². The van der Waals surface area contributed by atoms with Crippen LogP contribution >= 0.6 is 0 Å². The highest BCUT2D eigenvalue weighted by Crippen LogP contribution is 1.83. The van der Waals surface area contributed by atoms with Crippen molar-refractivity contribution in [2.45, 2.75) is 13.3 Å². The van der Waals surface area contributed by atoms with E-state index in [9.17, 15) is 9.59 Å². The van der Waals surface area contributed by atoms with Gasteiger partial charge in [0.1, 0.15) is 0 Å². The molecule has 16 heavy (non-hydrogen) atoms. The lowest BCUT2D eigenvalue weighted by Gasteiger charge is -2.05. The van der Waals surface area contributed by atoms with Crippen LogP contribution in [-0.4, -0.2) is 52.0 Å². The molecule has 0 saturated carbocycles. The monoisotopic (exact) mass is 233 g/mol. The van der Waals surface area contributed by atoms with Crippen LogP contribution in [0.4, 0.5) is 0 Å². The third-order valence-corrected chi connectivity index (χ3v) is 1.64. The van der Waals surface area contributed by atoms with Gasteiger partial charge in [0, 0.05) is 20.3 Å². The van der Waals surface area contributed by atoms with Crippen molar-refractivity contribution in [2.75, 3.05) is 40.1 Å². The van der Waals surface area contributed by atoms with Gasteiger partial charge in [-0.1, -0.05) is 0 Å². The molecule has 0 aliphatic rings. The predicted octanol–water partition coefficient (Wildman–Crippen LogP) is -0.281. The summed E-state index contributed by atoms with van der Waals surface area (Å²) in [7, 11) is 1.60. The zero-order valence-electron chi connectivity index (χ0n) is 9.78. The molecule has 0 unspecified atom stereocenters. The smallest absolute Gasteiger partial charge is 0.396 e. The molecule has 0 heterocycles. The molecule has 1 amide bonds. The van der Waals surface area contributed by atoms with Crippen molar-refractivity contribution in [2.24, 2.45) is 0 Å². The van der Waals surface area contributed by atoms with Gasteiger partial charge in [-0.15, -0.1) is 0 Å². The van der Waals surface area contributed by atoms with E-state index in [1.807, 2.05) is 0 Å². The Kier molecular flexibility index (Phi) is 9.64. The molecule has 0 radical (unpaired) electrons. The van der Waals surface area contributed by atoms with Gasteiger partial charge < -0.3 is 19.5 Å². The zero-order chi connectivity index (χ0) is 12.2. The summed E-state index contributed by atoms with van der Waals surface area (Å²) in [5, 5.41) is 2.43. The second-order valence-electron chi connectivity index (χ2n) is 2.94. The summed E-state index contributed by atoms with van der Waals surface area (Å²) in [6.07, 6.45) is 0.648. The normalized spacial score (nSPS) is 9.88. The molecular weight excluding hydrogens is 214 g/mol. The molecule has 6 nitrogen and oxygen atoms in total. The maximum Gasteiger partial charge on any atom is 0.396 e. The Hall–Kier alpha value is -1.14. The lowest BCUT2D eigenvalue weighted by molar-refractivity contribution is -0.154. The number of amides is 1. The first-order chi connectivity index (χ1) is 7.72. The number of nitrogens with one attached hydrogen (secondary N) is 1. The number of hydrogen-bond donors (Lipinski definition) is 1. The molecule has 0 atom stereocenters. The Bertz CT molecular complexity index is 207. The van der Waals surface area contributed by atoms with Gasteiger partial charge in [-0.3, -0.25) is 4.79 Å². The van der Waals surface area contributed by atoms with Crippen LogP contribution in [0.1, 0.15) is 13.3 Å². The summed E-state index contributed by atoms with van der Waals surface area (Å²) < 4.78 is 14.5. The maximum absolute atomic E-state index is 11.0. The van der Waals surface area contributed by atoms with Crippen molar-refractivity contribution in [3.05, 3.63) is 0 Å². The third kappa shape index (κ3) is 8.19. The van der Waals surface area contributed by atoms with Gasteiger partial charge in [0.05, 0.1) is 19.8 Å². The Morgan fingerprint density at radius 3 is 2.56 bits per heavy atom. The summed E-state index contributed by atoms with van der Waals surface area (Å²) in [5.41, 5.74) is 0. The summed E-state index contributed by atoms with van der Waals surface area (Å²) in [4.78, 5) is 21.9. The van der Waals surface area contributed by atoms with Gasteiger partial charge in [-0.05, 0) is 13.3 Å². The standard InChI is InChI=1S/C10H19NO5/c1-3-16-10(13)9(12)11-5-4-6-15-8-7-14-2/h3-8H2,1-2H3,(H,11,12). The van der Waals surface area contributed by atoms with Crippen LogP contribution in [0.5, 0.6) is 0 Å². The fourth-order valence-electron chi connectivity index (χ4n) is 0.889. The van der Waals surface area contributed by atoms with Crippen LogP contribution in [0.25, 0.3) is 0 Å². The predicted molar refractivity (Wildman–Crippen MR) is 57.0 cm³/mol. The first-order valence-electron chi connectivity index (χ1n) is 5.24. The molecule has 0 aliphatic carbocycles. The molecule has 1 N–H and O–H groups in total. The van der Waals surface area contributed by atoms with Gasteiger partial charge >= 0.3 is 11.9 Å². The highest BCUT2D eigenvalue weighted by molar-refractivity contribution is 6.32. The second-order valence-corrected chi connectivity index (χ2v) is 2.94. The highest BCUT2D eigenvalue weighted by Gasteiger charge is 2.12. The number of hydrogen-bond acceptors (Lipinski definition) is 5. The first-order valence-corrected chi connectivity index (χ1v) is 5.24. The second kappa shape index (κ2) is 10.4. The van der Waals surface area contributed by atoms with E-state index >= 15 is 0 Å². The third-order valence-electron chi connectivity index (χ3n) is 1.64. The van der Waals surface area contributed by atoms with Gasteiger partial charge in [0.2, 0.25) is 0 Å². The van der Waals surface area contributed by atoms with Crippen molar-refractivity contribution >= 4 is 11.9 Å². The molecule has 0 aromatic heterocycles. The van der Waals surface area contributed by atoms with Gasteiger partial charge in [-0.25, -0.2) is 4.79 Å². The number of rotatable bonds is 8. The van der Waals surface area contributed by atoms with Gasteiger partial charge in [0.15, 0.2) is 0 Å². The van der Waals surface area contributed by atoms with Crippen LogP contribution < -0.4 is 5.32 Å². The summed E-state index contributed by atoms with van der Waals surface area (Å²) in [5.74, 6) is -1.55. The number of esters is 1. The van der Waals surface area contributed by atoms with E-state index in [1.54, 1.807) is 14.0 Å². The van der Waals surface area contributed by atoms with Crippen LogP contribution in [0.3, 0.4) is 0 Å². The lowest BCUT2D eigenvalue weighted by atomic mass is 10.4. The van der Waals surface area contributed by atoms with E-state index in [1.165, 1.54) is 0 Å². The number of carbonyl (C=O) groups is 2. The van der Waals surface area contributed by atoms with Crippen molar-refractivity contribution in [1.82, 2.24) is 5.32 Å². The molecule has 0 aromatic carbocycles. The topological polar surface area (TPSA) is 73.9 Å². The molecule has 94 valence electrons. The fraction of sp³-hybridized carbons (Fsp3) is 0.800. The average Bonchev–Trinajstić information content (AvgIpc) is 2.28. The average molecular weight is 233 g/mol. The van der Waals surface area contributed by atoms with Crippen LogP contribution in [0.15, 0.2) is 0 Å². The largest absolute Gasteiger partial charge is 0.459 e. The number of ether oxygens (including phenoxy) is 3. The van der Waals surface area contributed by atoms with E-state index < -0.39 is 11.9 Å². The van der Waals surface area contributed by atoms with E-state index in [0.29, 0.717) is 32.8 Å². The van der Waals surface area contributed by atoms with Gasteiger partial charge in [-0.2, -0.15) is 0 Å². The Morgan fingerprint density at radius 1 is 1.19 bits per heavy atom. The SMILES string of the molecule is CCOC(=O)C(=O)NCCCOCCOC. The van der Waals surface area contributed by atoms with E-state index in [2.05, 4.69) is 10.1 Å². The first kappa shape index (κ1) is 14.9. The van der Waals surface area contributed by atoms with Crippen LogP contribution in [0.2, 0.25) is 0 Å². The van der Waals surface area contributed by atoms with Crippen LogP contribution in [0, 0.1) is 0 Å². The molecule has 0 fully saturated rings. The Morgan fingerprint density at radius 2 is 1.94 bits per heavy atom. The summed E-state index contributed by atoms with van der Waals surface area (Å²) in [6.45, 7) is 3.84. The minimum absolute atomic E-state index is 0.201. The van der Waals surface area contributed by atoms with Crippen LogP contribution in [-0.2, 0) is 23.8 Å². The van der Waals surface area contributed by atoms with E-state index in [-0.39, 0.29) is 6.61 Å². The molecule has 0 bridgehead atoms. The number of carbonyl (C=O) groups excluding carboxylic acids is 2. The number of methoxy groups -OCH3 is 1. The highest BCUT2D eigenvalue weighted by atomic mass is 16.5. The lowest BCUT2D eigenvalue weighted by Crippen LogP contribution is -2.33. The molecule has 0 rings (SSSR count). The molecule has 0 aromatic rings. The molecular formula is C10H19NO5. The quantitative estimate of drug-likeness (QED) is 0.354. The zero-order valence-corrected chi connectivity index (χ0v) is 9.78. The molecule has 0 aliphatic heterocycles. The van der Waals surface area contributed by atoms with E-state index in [4.69, 9.17) is 9.47 Å². The maximum atomic E-state index is 11.0. The Labute approximate surface area is 95.2 Å².